The van der Waals surface area contributed by atoms with Crippen LogP contribution in [0.3, 0.4) is 0 Å². The van der Waals surface area contributed by atoms with E-state index in [-0.39, 0.29) is 0 Å². The van der Waals surface area contributed by atoms with Crippen LogP contribution in [0.4, 0.5) is 0 Å². The van der Waals surface area contributed by atoms with Gasteiger partial charge >= 0.3 is 0 Å². The van der Waals surface area contributed by atoms with Gasteiger partial charge in [-0.2, -0.15) is 0 Å². The van der Waals surface area contributed by atoms with Gasteiger partial charge in [0.25, 0.3) is 0 Å². The fraction of sp³-hybridized carbons (Fsp3) is 0.455. The van der Waals surface area contributed by atoms with Crippen molar-refractivity contribution < 1.29 is 0 Å². The molecule has 0 amide bonds. The number of rotatable bonds is 1. The monoisotopic (exact) mass is 236 g/mol. The maximum absolute atomic E-state index is 6.05. The maximum atomic E-state index is 6.05. The first-order chi connectivity index (χ1) is 7.86. The number of fused-ring (bicyclic) bond motifs is 1. The second kappa shape index (κ2) is 4.03. The topological polar surface area (TPSA) is 42.2 Å². The van der Waals surface area contributed by atoms with Gasteiger partial charge in [-0.3, -0.25) is 4.40 Å². The van der Waals surface area contributed by atoms with Crippen LogP contribution in [0, 0.1) is 0 Å². The third-order valence-corrected chi connectivity index (χ3v) is 3.43. The number of hydrogen-bond acceptors (Lipinski definition) is 3. The molecule has 0 atom stereocenters. The van der Waals surface area contributed by atoms with E-state index in [1.54, 1.807) is 12.5 Å². The van der Waals surface area contributed by atoms with Crippen LogP contribution in [-0.4, -0.2) is 27.5 Å². The molecule has 2 aromatic heterocycles. The third-order valence-electron chi connectivity index (χ3n) is 3.17. The predicted molar refractivity (Wildman–Crippen MR) is 62.8 cm³/mol. The molecule has 1 fully saturated rings. The van der Waals surface area contributed by atoms with Gasteiger partial charge in [0.05, 0.1) is 6.20 Å². The predicted octanol–water partition coefficient (Wildman–Crippen LogP) is 1.85. The Balaban J connectivity index is 2.06. The quantitative estimate of drug-likeness (QED) is 0.822. The summed E-state index contributed by atoms with van der Waals surface area (Å²) in [5.41, 5.74) is 2.04. The van der Waals surface area contributed by atoms with Gasteiger partial charge in [0.1, 0.15) is 11.3 Å². The number of aromatic nitrogens is 3. The molecule has 0 unspecified atom stereocenters. The molecule has 84 valence electrons. The molecule has 16 heavy (non-hydrogen) atoms. The lowest BCUT2D eigenvalue weighted by Gasteiger charge is -2.22. The summed E-state index contributed by atoms with van der Waals surface area (Å²) in [6.07, 6.45) is 7.67. The molecule has 5 heteroatoms. The van der Waals surface area contributed by atoms with Crippen LogP contribution in [0.15, 0.2) is 18.7 Å². The van der Waals surface area contributed by atoms with Gasteiger partial charge in [-0.25, -0.2) is 9.97 Å². The van der Waals surface area contributed by atoms with E-state index in [4.69, 9.17) is 11.6 Å². The van der Waals surface area contributed by atoms with Crippen molar-refractivity contribution in [2.75, 3.05) is 13.1 Å². The summed E-state index contributed by atoms with van der Waals surface area (Å²) in [5, 5.41) is 3.98. The van der Waals surface area contributed by atoms with E-state index in [9.17, 15) is 0 Å². The Morgan fingerprint density at radius 2 is 2.12 bits per heavy atom. The van der Waals surface area contributed by atoms with Crippen LogP contribution in [-0.2, 0) is 0 Å². The van der Waals surface area contributed by atoms with Gasteiger partial charge in [0.15, 0.2) is 5.65 Å². The molecule has 1 aliphatic rings. The van der Waals surface area contributed by atoms with Crippen LogP contribution >= 0.6 is 11.6 Å². The normalized spacial score (nSPS) is 18.1. The Morgan fingerprint density at radius 1 is 1.31 bits per heavy atom. The number of nitrogens with zero attached hydrogens (tertiary/aromatic N) is 3. The molecule has 2 aromatic rings. The molecule has 1 aliphatic heterocycles. The Morgan fingerprint density at radius 3 is 2.94 bits per heavy atom. The first-order valence-corrected chi connectivity index (χ1v) is 5.91. The minimum Gasteiger partial charge on any atom is -0.317 e. The first kappa shape index (κ1) is 10.1. The van der Waals surface area contributed by atoms with Crippen LogP contribution < -0.4 is 5.32 Å². The molecule has 0 radical (unpaired) electrons. The molecule has 3 rings (SSSR count). The zero-order chi connectivity index (χ0) is 11.0. The summed E-state index contributed by atoms with van der Waals surface area (Å²) in [5.74, 6) is 0.566. The van der Waals surface area contributed by atoms with Crippen LogP contribution in [0.5, 0.6) is 0 Å². The molecule has 4 nitrogen and oxygen atoms in total. The average molecular weight is 237 g/mol. The molecular weight excluding hydrogens is 224 g/mol. The summed E-state index contributed by atoms with van der Waals surface area (Å²) in [7, 11) is 0. The summed E-state index contributed by atoms with van der Waals surface area (Å²) in [6, 6.07) is 0. The summed E-state index contributed by atoms with van der Waals surface area (Å²) in [6.45, 7) is 2.15. The minimum absolute atomic E-state index is 0.566. The van der Waals surface area contributed by atoms with E-state index >= 15 is 0 Å². The van der Waals surface area contributed by atoms with Crippen LogP contribution in [0.2, 0.25) is 5.02 Å². The first-order valence-electron chi connectivity index (χ1n) is 5.53. The molecule has 0 aliphatic carbocycles. The molecule has 1 saturated heterocycles. The molecule has 3 heterocycles. The number of piperidine rings is 1. The lowest BCUT2D eigenvalue weighted by Crippen LogP contribution is -2.27. The van der Waals surface area contributed by atoms with Crippen LogP contribution in [0.1, 0.15) is 24.5 Å². The van der Waals surface area contributed by atoms with Gasteiger partial charge in [-0.15, -0.1) is 0 Å². The highest BCUT2D eigenvalue weighted by Gasteiger charge is 2.19. The van der Waals surface area contributed by atoms with E-state index in [2.05, 4.69) is 15.3 Å². The lowest BCUT2D eigenvalue weighted by molar-refractivity contribution is 0.451. The second-order valence-corrected chi connectivity index (χ2v) is 4.55. The SMILES string of the molecule is Clc1cncn2c(C3CCNCC3)cnc12. The van der Waals surface area contributed by atoms with Crippen molar-refractivity contribution in [2.45, 2.75) is 18.8 Å². The number of halogens is 1. The highest BCUT2D eigenvalue weighted by atomic mass is 35.5. The van der Waals surface area contributed by atoms with Gasteiger partial charge in [0, 0.05) is 17.8 Å². The summed E-state index contributed by atoms with van der Waals surface area (Å²) >= 11 is 6.05. The van der Waals surface area contributed by atoms with Gasteiger partial charge < -0.3 is 5.32 Å². The smallest absolute Gasteiger partial charge is 0.158 e. The average Bonchev–Trinajstić information content (AvgIpc) is 2.75. The van der Waals surface area contributed by atoms with Crippen molar-refractivity contribution in [1.29, 1.82) is 0 Å². The Labute approximate surface area is 98.7 Å². The number of hydrogen-bond donors (Lipinski definition) is 1. The highest BCUT2D eigenvalue weighted by molar-refractivity contribution is 6.33. The van der Waals surface area contributed by atoms with Crippen molar-refractivity contribution >= 4 is 17.2 Å². The van der Waals surface area contributed by atoms with Gasteiger partial charge in [-0.1, -0.05) is 11.6 Å². The van der Waals surface area contributed by atoms with Crippen molar-refractivity contribution in [3.8, 4) is 0 Å². The van der Waals surface area contributed by atoms with E-state index in [1.807, 2.05) is 10.6 Å². The largest absolute Gasteiger partial charge is 0.317 e. The molecule has 0 spiro atoms. The molecule has 0 aromatic carbocycles. The van der Waals surface area contributed by atoms with Crippen molar-refractivity contribution in [3.05, 3.63) is 29.4 Å². The van der Waals surface area contributed by atoms with E-state index < -0.39 is 0 Å². The van der Waals surface area contributed by atoms with Crippen LogP contribution in [0.25, 0.3) is 5.65 Å². The standard InChI is InChI=1S/C11H13ClN4/c12-9-5-14-7-16-10(6-15-11(9)16)8-1-3-13-4-2-8/h5-8,13H,1-4H2. The summed E-state index contributed by atoms with van der Waals surface area (Å²) < 4.78 is 2.01. The minimum atomic E-state index is 0.566. The van der Waals surface area contributed by atoms with E-state index in [0.717, 1.165) is 31.6 Å². The second-order valence-electron chi connectivity index (χ2n) is 4.14. The van der Waals surface area contributed by atoms with Crippen molar-refractivity contribution in [2.24, 2.45) is 0 Å². The van der Waals surface area contributed by atoms with Gasteiger partial charge in [0.2, 0.25) is 0 Å². The Bertz CT molecular complexity index is 502. The number of nitrogens with one attached hydrogen (secondary N) is 1. The molecule has 0 bridgehead atoms. The fourth-order valence-corrected chi connectivity index (χ4v) is 2.51. The van der Waals surface area contributed by atoms with E-state index in [0.29, 0.717) is 10.9 Å². The lowest BCUT2D eigenvalue weighted by atomic mass is 9.95. The maximum Gasteiger partial charge on any atom is 0.158 e. The zero-order valence-electron chi connectivity index (χ0n) is 8.86. The molecule has 0 saturated carbocycles. The number of imidazole rings is 1. The van der Waals surface area contributed by atoms with E-state index in [1.165, 1.54) is 5.69 Å². The Hall–Kier alpha value is -1.13. The third kappa shape index (κ3) is 1.58. The fourth-order valence-electron chi connectivity index (χ4n) is 2.32. The zero-order valence-corrected chi connectivity index (χ0v) is 9.61. The molecule has 1 N–H and O–H groups in total. The van der Waals surface area contributed by atoms with Crippen molar-refractivity contribution in [3.63, 3.8) is 0 Å². The highest BCUT2D eigenvalue weighted by Crippen LogP contribution is 2.27. The molecular formula is C11H13ClN4. The Kier molecular flexibility index (Phi) is 2.53. The van der Waals surface area contributed by atoms with Gasteiger partial charge in [-0.05, 0) is 25.9 Å². The van der Waals surface area contributed by atoms with Crippen molar-refractivity contribution in [1.82, 2.24) is 19.7 Å². The summed E-state index contributed by atoms with van der Waals surface area (Å²) in [4.78, 5) is 8.48.